The topological polar surface area (TPSA) is 12.9 Å². The van der Waals surface area contributed by atoms with E-state index in [9.17, 15) is 0 Å². The lowest BCUT2D eigenvalue weighted by atomic mass is 10.1. The minimum Gasteiger partial charge on any atom is -0.253 e. The van der Waals surface area contributed by atoms with Gasteiger partial charge in [-0.1, -0.05) is 12.1 Å². The SMILES string of the molecule is Cc1cccc(C2=CCCC2)n1. The average Bonchev–Trinajstić information content (AvgIpc) is 2.56. The first kappa shape index (κ1) is 7.53. The number of aromatic nitrogens is 1. The Hall–Kier alpha value is -1.11. The Kier molecular flexibility index (Phi) is 1.94. The predicted octanol–water partition coefficient (Wildman–Crippen LogP) is 2.96. The van der Waals surface area contributed by atoms with Crippen LogP contribution in [0.1, 0.15) is 30.7 Å². The summed E-state index contributed by atoms with van der Waals surface area (Å²) in [6.45, 7) is 2.04. The maximum atomic E-state index is 4.49. The molecule has 12 heavy (non-hydrogen) atoms. The van der Waals surface area contributed by atoms with Gasteiger partial charge in [-0.15, -0.1) is 0 Å². The Morgan fingerprint density at radius 1 is 1.33 bits per heavy atom. The van der Waals surface area contributed by atoms with Crippen LogP contribution in [0.15, 0.2) is 24.3 Å². The molecule has 0 N–H and O–H groups in total. The Morgan fingerprint density at radius 2 is 2.25 bits per heavy atom. The lowest BCUT2D eigenvalue weighted by molar-refractivity contribution is 0.932. The van der Waals surface area contributed by atoms with Crippen LogP contribution in [-0.2, 0) is 0 Å². The largest absolute Gasteiger partial charge is 0.253 e. The molecule has 0 bridgehead atoms. The van der Waals surface area contributed by atoms with Gasteiger partial charge in [0.05, 0.1) is 5.69 Å². The summed E-state index contributed by atoms with van der Waals surface area (Å²) in [7, 11) is 0. The molecule has 1 aliphatic carbocycles. The standard InChI is InChI=1S/C11H13N/c1-9-5-4-8-11(12-9)10-6-2-3-7-10/h4-6,8H,2-3,7H2,1H3. The molecule has 0 radical (unpaired) electrons. The molecule has 0 fully saturated rings. The molecule has 0 amide bonds. The van der Waals surface area contributed by atoms with Crippen LogP contribution in [0, 0.1) is 6.92 Å². The minimum atomic E-state index is 1.11. The van der Waals surface area contributed by atoms with Gasteiger partial charge in [0.25, 0.3) is 0 Å². The van der Waals surface area contributed by atoms with Crippen molar-refractivity contribution in [2.75, 3.05) is 0 Å². The van der Waals surface area contributed by atoms with E-state index in [2.05, 4.69) is 23.2 Å². The van der Waals surface area contributed by atoms with Crippen LogP contribution < -0.4 is 0 Å². The summed E-state index contributed by atoms with van der Waals surface area (Å²) >= 11 is 0. The van der Waals surface area contributed by atoms with Gasteiger partial charge in [-0.3, -0.25) is 4.98 Å². The van der Waals surface area contributed by atoms with Gasteiger partial charge in [0, 0.05) is 5.69 Å². The highest BCUT2D eigenvalue weighted by Crippen LogP contribution is 2.25. The van der Waals surface area contributed by atoms with E-state index in [1.807, 2.05) is 13.0 Å². The van der Waals surface area contributed by atoms with Gasteiger partial charge in [0.15, 0.2) is 0 Å². The van der Waals surface area contributed by atoms with Gasteiger partial charge in [0.1, 0.15) is 0 Å². The zero-order valence-corrected chi connectivity index (χ0v) is 7.38. The van der Waals surface area contributed by atoms with Crippen LogP contribution in [0.3, 0.4) is 0 Å². The van der Waals surface area contributed by atoms with Gasteiger partial charge in [-0.05, 0) is 43.9 Å². The van der Waals surface area contributed by atoms with E-state index in [1.165, 1.54) is 30.5 Å². The number of hydrogen-bond acceptors (Lipinski definition) is 1. The normalized spacial score (nSPS) is 16.2. The molecule has 0 spiro atoms. The third kappa shape index (κ3) is 1.40. The zero-order chi connectivity index (χ0) is 8.39. The van der Waals surface area contributed by atoms with Crippen LogP contribution in [0.4, 0.5) is 0 Å². The molecule has 1 heterocycles. The monoisotopic (exact) mass is 159 g/mol. The van der Waals surface area contributed by atoms with Gasteiger partial charge in [-0.25, -0.2) is 0 Å². The van der Waals surface area contributed by atoms with Crippen LogP contribution >= 0.6 is 0 Å². The van der Waals surface area contributed by atoms with Crippen molar-refractivity contribution in [3.8, 4) is 0 Å². The molecule has 1 aromatic heterocycles. The fourth-order valence-electron chi connectivity index (χ4n) is 1.63. The van der Waals surface area contributed by atoms with Gasteiger partial charge >= 0.3 is 0 Å². The Bertz CT molecular complexity index is 313. The molecule has 1 aliphatic rings. The molecule has 0 unspecified atom stereocenters. The van der Waals surface area contributed by atoms with E-state index in [1.54, 1.807) is 0 Å². The first-order chi connectivity index (χ1) is 5.86. The van der Waals surface area contributed by atoms with E-state index < -0.39 is 0 Å². The Balaban J connectivity index is 2.33. The number of hydrogen-bond donors (Lipinski definition) is 0. The second-order valence-corrected chi connectivity index (χ2v) is 3.29. The van der Waals surface area contributed by atoms with E-state index in [0.29, 0.717) is 0 Å². The third-order valence-electron chi connectivity index (χ3n) is 2.26. The highest BCUT2D eigenvalue weighted by Gasteiger charge is 2.07. The molecule has 0 aromatic carbocycles. The summed E-state index contributed by atoms with van der Waals surface area (Å²) < 4.78 is 0. The fourth-order valence-corrected chi connectivity index (χ4v) is 1.63. The molecule has 0 saturated heterocycles. The lowest BCUT2D eigenvalue weighted by Gasteiger charge is -2.01. The van der Waals surface area contributed by atoms with Crippen molar-refractivity contribution in [3.05, 3.63) is 35.7 Å². The van der Waals surface area contributed by atoms with Gasteiger partial charge in [-0.2, -0.15) is 0 Å². The van der Waals surface area contributed by atoms with Crippen LogP contribution in [-0.4, -0.2) is 4.98 Å². The van der Waals surface area contributed by atoms with Gasteiger partial charge in [0.2, 0.25) is 0 Å². The summed E-state index contributed by atoms with van der Waals surface area (Å²) in [5.74, 6) is 0. The second kappa shape index (κ2) is 3.10. The number of allylic oxidation sites excluding steroid dienone is 2. The highest BCUT2D eigenvalue weighted by atomic mass is 14.7. The maximum absolute atomic E-state index is 4.49. The van der Waals surface area contributed by atoms with Crippen molar-refractivity contribution in [1.82, 2.24) is 4.98 Å². The first-order valence-corrected chi connectivity index (χ1v) is 4.49. The van der Waals surface area contributed by atoms with Crippen molar-refractivity contribution < 1.29 is 0 Å². The van der Waals surface area contributed by atoms with E-state index >= 15 is 0 Å². The van der Waals surface area contributed by atoms with Crippen molar-refractivity contribution in [3.63, 3.8) is 0 Å². The van der Waals surface area contributed by atoms with Gasteiger partial charge < -0.3 is 0 Å². The minimum absolute atomic E-state index is 1.11. The molecule has 62 valence electrons. The maximum Gasteiger partial charge on any atom is 0.0661 e. The third-order valence-corrected chi connectivity index (χ3v) is 2.26. The summed E-state index contributed by atoms with van der Waals surface area (Å²) in [6.07, 6.45) is 6.04. The van der Waals surface area contributed by atoms with Crippen molar-refractivity contribution in [2.45, 2.75) is 26.2 Å². The Labute approximate surface area is 73.1 Å². The number of rotatable bonds is 1. The summed E-state index contributed by atoms with van der Waals surface area (Å²) in [5, 5.41) is 0. The number of pyridine rings is 1. The molecule has 2 rings (SSSR count). The molecule has 0 aliphatic heterocycles. The Morgan fingerprint density at radius 3 is 2.92 bits per heavy atom. The molecular weight excluding hydrogens is 146 g/mol. The quantitative estimate of drug-likeness (QED) is 0.614. The van der Waals surface area contributed by atoms with Crippen LogP contribution in [0.25, 0.3) is 5.57 Å². The lowest BCUT2D eigenvalue weighted by Crippen LogP contribution is -1.88. The first-order valence-electron chi connectivity index (χ1n) is 4.49. The van der Waals surface area contributed by atoms with E-state index in [4.69, 9.17) is 0 Å². The summed E-state index contributed by atoms with van der Waals surface area (Å²) in [5.41, 5.74) is 3.71. The number of aryl methyl sites for hydroxylation is 1. The highest BCUT2D eigenvalue weighted by molar-refractivity contribution is 5.64. The molecule has 1 nitrogen and oxygen atoms in total. The second-order valence-electron chi connectivity index (χ2n) is 3.29. The van der Waals surface area contributed by atoms with E-state index in [-0.39, 0.29) is 0 Å². The van der Waals surface area contributed by atoms with Crippen molar-refractivity contribution in [1.29, 1.82) is 0 Å². The predicted molar refractivity (Wildman–Crippen MR) is 50.8 cm³/mol. The molecular formula is C11H13N. The average molecular weight is 159 g/mol. The smallest absolute Gasteiger partial charge is 0.0661 e. The van der Waals surface area contributed by atoms with Crippen LogP contribution in [0.5, 0.6) is 0 Å². The molecule has 1 heteroatoms. The summed E-state index contributed by atoms with van der Waals surface area (Å²) in [6, 6.07) is 6.22. The number of nitrogens with zero attached hydrogens (tertiary/aromatic N) is 1. The zero-order valence-electron chi connectivity index (χ0n) is 7.38. The van der Waals surface area contributed by atoms with Crippen molar-refractivity contribution >= 4 is 5.57 Å². The molecule has 0 saturated carbocycles. The molecule has 0 atom stereocenters. The fraction of sp³-hybridized carbons (Fsp3) is 0.364. The molecule has 1 aromatic rings. The summed E-state index contributed by atoms with van der Waals surface area (Å²) in [4.78, 5) is 4.49. The van der Waals surface area contributed by atoms with E-state index in [0.717, 1.165) is 5.69 Å². The van der Waals surface area contributed by atoms with Crippen LogP contribution in [0.2, 0.25) is 0 Å². The van der Waals surface area contributed by atoms with Crippen molar-refractivity contribution in [2.24, 2.45) is 0 Å².